The maximum atomic E-state index is 12.6. The number of methoxy groups -OCH3 is 1. The van der Waals surface area contributed by atoms with Crippen LogP contribution in [0.2, 0.25) is 0 Å². The minimum Gasteiger partial charge on any atom is -0.466 e. The number of alkyl halides is 1. The summed E-state index contributed by atoms with van der Waals surface area (Å²) in [7, 11) is 1.30. The fraction of sp³-hybridized carbons (Fsp3) is 0.684. The van der Waals surface area contributed by atoms with Crippen molar-refractivity contribution in [2.75, 3.05) is 19.0 Å². The van der Waals surface area contributed by atoms with E-state index in [0.29, 0.717) is 22.5 Å². The first-order valence-corrected chi connectivity index (χ1v) is 11.2. The zero-order valence-electron chi connectivity index (χ0n) is 16.2. The molecule has 2 bridgehead atoms. The Kier molecular flexibility index (Phi) is 5.87. The van der Waals surface area contributed by atoms with Crippen molar-refractivity contribution < 1.29 is 14.3 Å². The molecule has 0 aromatic rings. The summed E-state index contributed by atoms with van der Waals surface area (Å²) in [6.07, 6.45) is 5.38. The van der Waals surface area contributed by atoms with Crippen LogP contribution in [0.3, 0.4) is 0 Å². The number of hydrogen-bond acceptors (Lipinski definition) is 6. The van der Waals surface area contributed by atoms with Crippen molar-refractivity contribution in [3.05, 3.63) is 11.0 Å². The van der Waals surface area contributed by atoms with Crippen LogP contribution >= 0.6 is 27.7 Å². The van der Waals surface area contributed by atoms with Crippen LogP contribution in [0.5, 0.6) is 0 Å². The summed E-state index contributed by atoms with van der Waals surface area (Å²) in [5.74, 6) is -0.107. The minimum atomic E-state index is -0.541. The molecule has 3 rings (SSSR count). The third-order valence-electron chi connectivity index (χ3n) is 6.62. The van der Waals surface area contributed by atoms with Gasteiger partial charge in [0.1, 0.15) is 0 Å². The summed E-state index contributed by atoms with van der Waals surface area (Å²) < 4.78 is 4.65. The van der Waals surface area contributed by atoms with Gasteiger partial charge in [-0.15, -0.1) is 5.10 Å². The van der Waals surface area contributed by atoms with Crippen molar-refractivity contribution in [1.82, 2.24) is 4.90 Å². The zero-order chi connectivity index (χ0) is 19.8. The monoisotopic (exact) mass is 455 g/mol. The Hall–Kier alpha value is -1.15. The molecule has 148 valence electrons. The number of fused-ring (bicyclic) bond motifs is 2. The molecule has 2 saturated carbocycles. The number of nitrogens with zero attached hydrogens (tertiary/aromatic N) is 3. The lowest BCUT2D eigenvalue weighted by Crippen LogP contribution is -2.33. The smallest absolute Gasteiger partial charge is 0.331 e. The predicted octanol–water partition coefficient (Wildman–Crippen LogP) is 3.96. The third-order valence-corrected chi connectivity index (χ3v) is 8.18. The van der Waals surface area contributed by atoms with E-state index in [4.69, 9.17) is 0 Å². The third kappa shape index (κ3) is 3.50. The second-order valence-electron chi connectivity index (χ2n) is 8.06. The van der Waals surface area contributed by atoms with Gasteiger partial charge < -0.3 is 4.74 Å². The molecule has 1 aliphatic heterocycles. The number of carbonyl (C=O) groups is 2. The molecule has 8 heteroatoms. The first kappa shape index (κ1) is 20.6. The molecule has 6 nitrogen and oxygen atoms in total. The fourth-order valence-electron chi connectivity index (χ4n) is 4.35. The van der Waals surface area contributed by atoms with E-state index < -0.39 is 5.97 Å². The Morgan fingerprint density at radius 3 is 2.70 bits per heavy atom. The number of amidine groups is 1. The van der Waals surface area contributed by atoms with Gasteiger partial charge in [-0.2, -0.15) is 5.10 Å². The Labute approximate surface area is 173 Å². The molecule has 1 saturated heterocycles. The number of hydrogen-bond donors (Lipinski definition) is 0. The Bertz CT molecular complexity index is 746. The van der Waals surface area contributed by atoms with E-state index in [9.17, 15) is 9.59 Å². The first-order valence-electron chi connectivity index (χ1n) is 9.25. The summed E-state index contributed by atoms with van der Waals surface area (Å²) >= 11 is 4.58. The van der Waals surface area contributed by atoms with E-state index in [1.54, 1.807) is 4.90 Å². The summed E-state index contributed by atoms with van der Waals surface area (Å²) in [5.41, 5.74) is 1.44. The quantitative estimate of drug-likeness (QED) is 0.272. The molecule has 0 N–H and O–H groups in total. The molecule has 0 spiro atoms. The topological polar surface area (TPSA) is 71.3 Å². The highest BCUT2D eigenvalue weighted by Crippen LogP contribution is 2.64. The van der Waals surface area contributed by atoms with Crippen molar-refractivity contribution >= 4 is 50.4 Å². The van der Waals surface area contributed by atoms with Crippen LogP contribution in [-0.4, -0.2) is 46.6 Å². The molecular formula is C19H26BrN3O3S. The van der Waals surface area contributed by atoms with Gasteiger partial charge in [0.05, 0.1) is 12.0 Å². The maximum Gasteiger partial charge on any atom is 0.331 e. The van der Waals surface area contributed by atoms with E-state index in [-0.39, 0.29) is 16.7 Å². The van der Waals surface area contributed by atoms with Crippen LogP contribution < -0.4 is 0 Å². The average Bonchev–Trinajstić information content (AvgIpc) is 3.12. The largest absolute Gasteiger partial charge is 0.466 e. The van der Waals surface area contributed by atoms with Crippen LogP contribution in [0.4, 0.5) is 0 Å². The van der Waals surface area contributed by atoms with Crippen molar-refractivity contribution in [3.63, 3.8) is 0 Å². The van der Waals surface area contributed by atoms with Crippen molar-refractivity contribution in [2.45, 2.75) is 46.5 Å². The van der Waals surface area contributed by atoms with Gasteiger partial charge >= 0.3 is 5.97 Å². The summed E-state index contributed by atoms with van der Waals surface area (Å²) in [4.78, 5) is 26.1. The number of halogens is 1. The summed E-state index contributed by atoms with van der Waals surface area (Å²) in [5, 5.41) is 10.4. The molecular weight excluding hydrogens is 430 g/mol. The van der Waals surface area contributed by atoms with Crippen molar-refractivity contribution in [2.24, 2.45) is 27.0 Å². The van der Waals surface area contributed by atoms with Crippen LogP contribution in [0.1, 0.15) is 46.5 Å². The van der Waals surface area contributed by atoms with Crippen LogP contribution in [0.15, 0.2) is 21.2 Å². The van der Waals surface area contributed by atoms with Gasteiger partial charge in [-0.3, -0.25) is 9.69 Å². The lowest BCUT2D eigenvalue weighted by atomic mass is 9.70. The van der Waals surface area contributed by atoms with Gasteiger partial charge in [0.25, 0.3) is 5.91 Å². The standard InChI is InChI=1S/C19H26BrN3O3S/c1-18(2)12-6-7-19(18,3)14(10-12)21-22-17-23(9-5-8-20)16(25)13(27-17)11-15(24)26-4/h11-12H,5-10H2,1-4H3. The lowest BCUT2D eigenvalue weighted by Gasteiger charge is -2.34. The van der Waals surface area contributed by atoms with Crippen molar-refractivity contribution in [1.29, 1.82) is 0 Å². The number of ether oxygens (including phenoxy) is 1. The fourth-order valence-corrected chi connectivity index (χ4v) is 5.51. The van der Waals surface area contributed by atoms with Gasteiger partial charge in [0.2, 0.25) is 0 Å². The highest BCUT2D eigenvalue weighted by molar-refractivity contribution is 9.09. The average molecular weight is 456 g/mol. The molecule has 2 unspecified atom stereocenters. The molecule has 27 heavy (non-hydrogen) atoms. The molecule has 0 radical (unpaired) electrons. The number of esters is 1. The second-order valence-corrected chi connectivity index (χ2v) is 9.86. The SMILES string of the molecule is COC(=O)C=C1SC(=NN=C2CC3CCC2(C)C3(C)C)N(CCCBr)C1=O. The molecule has 0 aromatic heterocycles. The lowest BCUT2D eigenvalue weighted by molar-refractivity contribution is -0.135. The number of carbonyl (C=O) groups excluding carboxylic acids is 2. The summed E-state index contributed by atoms with van der Waals surface area (Å²) in [6, 6.07) is 0. The van der Waals surface area contributed by atoms with Gasteiger partial charge in [-0.1, -0.05) is 36.7 Å². The minimum absolute atomic E-state index is 0.0698. The normalized spacial score (nSPS) is 33.7. The molecule has 0 aromatic carbocycles. The van der Waals surface area contributed by atoms with Crippen LogP contribution in [0.25, 0.3) is 0 Å². The second kappa shape index (κ2) is 7.70. The highest BCUT2D eigenvalue weighted by Gasteiger charge is 2.60. The van der Waals surface area contributed by atoms with Gasteiger partial charge in [0, 0.05) is 29.1 Å². The molecule has 1 amide bonds. The molecule has 2 aliphatic carbocycles. The number of amides is 1. The van der Waals surface area contributed by atoms with Crippen LogP contribution in [-0.2, 0) is 14.3 Å². The summed E-state index contributed by atoms with van der Waals surface area (Å²) in [6.45, 7) is 7.48. The maximum absolute atomic E-state index is 12.6. The van der Waals surface area contributed by atoms with Gasteiger partial charge in [0.15, 0.2) is 5.17 Å². The van der Waals surface area contributed by atoms with Gasteiger partial charge in [-0.25, -0.2) is 4.79 Å². The molecule has 3 aliphatic rings. The molecule has 1 heterocycles. The first-order chi connectivity index (χ1) is 12.7. The van der Waals surface area contributed by atoms with E-state index in [1.165, 1.54) is 31.4 Å². The molecule has 3 fully saturated rings. The van der Waals surface area contributed by atoms with Crippen LogP contribution in [0, 0.1) is 16.7 Å². The zero-order valence-corrected chi connectivity index (χ0v) is 18.7. The number of rotatable bonds is 5. The predicted molar refractivity (Wildman–Crippen MR) is 112 cm³/mol. The van der Waals surface area contributed by atoms with E-state index in [0.717, 1.165) is 30.3 Å². The van der Waals surface area contributed by atoms with E-state index in [1.807, 2.05) is 0 Å². The van der Waals surface area contributed by atoms with E-state index in [2.05, 4.69) is 51.6 Å². The van der Waals surface area contributed by atoms with Crippen molar-refractivity contribution in [3.8, 4) is 0 Å². The van der Waals surface area contributed by atoms with Gasteiger partial charge in [-0.05, 0) is 48.8 Å². The number of thioether (sulfide) groups is 1. The highest BCUT2D eigenvalue weighted by atomic mass is 79.9. The Balaban J connectivity index is 1.88. The Morgan fingerprint density at radius 1 is 1.41 bits per heavy atom. The van der Waals surface area contributed by atoms with E-state index >= 15 is 0 Å². The molecule has 2 atom stereocenters. The Morgan fingerprint density at radius 2 is 2.15 bits per heavy atom.